The Morgan fingerprint density at radius 1 is 1.07 bits per heavy atom. The number of nitrogens with two attached hydrogens (primary N) is 1. The number of rotatable bonds is 12. The second-order valence-electron chi connectivity index (χ2n) is 10.7. The van der Waals surface area contributed by atoms with E-state index in [1.54, 1.807) is 43.3 Å². The maximum absolute atomic E-state index is 12.9. The van der Waals surface area contributed by atoms with E-state index in [9.17, 15) is 17.6 Å². The van der Waals surface area contributed by atoms with E-state index in [1.165, 1.54) is 49.8 Å². The van der Waals surface area contributed by atoms with E-state index >= 15 is 0 Å². The molecule has 0 amide bonds. The number of carbonyl (C=O) groups is 1. The Labute approximate surface area is 266 Å². The van der Waals surface area contributed by atoms with Crippen LogP contribution in [0.2, 0.25) is 0 Å². The molecule has 0 bridgehead atoms. The van der Waals surface area contributed by atoms with E-state index < -0.39 is 21.9 Å². The van der Waals surface area contributed by atoms with Crippen LogP contribution in [0.5, 0.6) is 5.75 Å². The molecule has 3 aromatic rings. The highest BCUT2D eigenvalue weighted by Crippen LogP contribution is 2.45. The topological polar surface area (TPSA) is 135 Å². The molecule has 1 saturated carbocycles. The van der Waals surface area contributed by atoms with Crippen LogP contribution in [0.3, 0.4) is 0 Å². The molecular weight excluding hydrogens is 595 g/mol. The summed E-state index contributed by atoms with van der Waals surface area (Å²) in [6, 6.07) is 21.7. The van der Waals surface area contributed by atoms with Crippen molar-refractivity contribution < 1.29 is 27.1 Å². The third-order valence-corrected chi connectivity index (χ3v) is 8.77. The minimum atomic E-state index is -3.63. The van der Waals surface area contributed by atoms with E-state index in [2.05, 4.69) is 9.62 Å². The first kappa shape index (κ1) is 35.5. The Hall–Kier alpha value is -3.98. The third kappa shape index (κ3) is 11.5. The fourth-order valence-corrected chi connectivity index (χ4v) is 5.99. The summed E-state index contributed by atoms with van der Waals surface area (Å²) in [6.07, 6.45) is 1.68. The molecule has 242 valence electrons. The molecule has 2 aliphatic rings. The highest BCUT2D eigenvalue weighted by atomic mass is 32.2. The van der Waals surface area contributed by atoms with Crippen molar-refractivity contribution in [3.05, 3.63) is 89.7 Å². The van der Waals surface area contributed by atoms with Gasteiger partial charge in [-0.1, -0.05) is 38.1 Å². The zero-order valence-electron chi connectivity index (χ0n) is 26.1. The van der Waals surface area contributed by atoms with Crippen LogP contribution in [0.15, 0.2) is 77.7 Å². The van der Waals surface area contributed by atoms with Gasteiger partial charge >= 0.3 is 5.97 Å². The number of fused-ring (bicyclic) bond motifs is 1. The average molecular weight is 639 g/mol. The molecule has 3 atom stereocenters. The lowest BCUT2D eigenvalue weighted by Gasteiger charge is -2.17. The summed E-state index contributed by atoms with van der Waals surface area (Å²) in [6.45, 7) is 9.51. The molecule has 1 saturated heterocycles. The number of anilines is 1. The monoisotopic (exact) mass is 638 g/mol. The molecule has 0 radical (unpaired) electrons. The van der Waals surface area contributed by atoms with Gasteiger partial charge in [0.05, 0.1) is 17.6 Å². The highest BCUT2D eigenvalue weighted by molar-refractivity contribution is 7.89. The number of piperidine rings is 1. The van der Waals surface area contributed by atoms with Crippen molar-refractivity contribution in [3.63, 3.8) is 0 Å². The zero-order valence-corrected chi connectivity index (χ0v) is 26.9. The van der Waals surface area contributed by atoms with Crippen LogP contribution in [-0.4, -0.2) is 52.1 Å². The number of nitrogen functional groups attached to an aromatic ring is 1. The quantitative estimate of drug-likeness (QED) is 0.158. The standard InChI is InChI=1S/C20H23N3O5S.C12H14FN.C2H6/c1-2-27-20(24)16(14-21)13-15-3-7-18(8-4-15)28-12-11-23-29(25,26)19-9-5-17(22)6-10-19;13-12-3-1-2-9(4-12)6-14-7-10-5-11(10)8-14;1-2/h3-10,16,23H,2,11-13,22H2,1H3;1-4,10-11H,5-8H2;1-2H3. The molecule has 9 nitrogen and oxygen atoms in total. The number of nitrogens with one attached hydrogen (secondary N) is 1. The Morgan fingerprint density at radius 3 is 2.33 bits per heavy atom. The molecule has 11 heteroatoms. The first-order chi connectivity index (χ1) is 21.7. The summed E-state index contributed by atoms with van der Waals surface area (Å²) in [7, 11) is -3.63. The smallest absolute Gasteiger partial charge is 0.323 e. The van der Waals surface area contributed by atoms with Crippen LogP contribution in [0.25, 0.3) is 0 Å². The summed E-state index contributed by atoms with van der Waals surface area (Å²) < 4.78 is 50.1. The Balaban J connectivity index is 0.000000284. The molecule has 2 fully saturated rings. The van der Waals surface area contributed by atoms with Crippen molar-refractivity contribution in [3.8, 4) is 11.8 Å². The zero-order chi connectivity index (χ0) is 32.8. The van der Waals surface area contributed by atoms with Crippen molar-refractivity contribution in [2.75, 3.05) is 38.6 Å². The van der Waals surface area contributed by atoms with Gasteiger partial charge in [-0.25, -0.2) is 17.5 Å². The summed E-state index contributed by atoms with van der Waals surface area (Å²) >= 11 is 0. The number of ether oxygens (including phenoxy) is 2. The molecule has 3 unspecified atom stereocenters. The lowest BCUT2D eigenvalue weighted by atomic mass is 10.0. The number of nitriles is 1. The first-order valence-corrected chi connectivity index (χ1v) is 16.7. The van der Waals surface area contributed by atoms with E-state index in [1.807, 2.05) is 26.0 Å². The molecule has 1 aliphatic carbocycles. The molecular formula is C34H43FN4O5S. The number of hydrogen-bond acceptors (Lipinski definition) is 8. The lowest BCUT2D eigenvalue weighted by Crippen LogP contribution is -2.28. The van der Waals surface area contributed by atoms with Gasteiger partial charge in [-0.2, -0.15) is 5.26 Å². The van der Waals surface area contributed by atoms with Gasteiger partial charge in [-0.3, -0.25) is 9.69 Å². The first-order valence-electron chi connectivity index (χ1n) is 15.3. The van der Waals surface area contributed by atoms with Gasteiger partial charge in [0.2, 0.25) is 10.0 Å². The normalized spacial score (nSPS) is 17.3. The maximum atomic E-state index is 12.9. The minimum absolute atomic E-state index is 0.0911. The van der Waals surface area contributed by atoms with Crippen LogP contribution in [0.4, 0.5) is 10.1 Å². The van der Waals surface area contributed by atoms with Crippen molar-refractivity contribution in [1.82, 2.24) is 9.62 Å². The number of sulfonamides is 1. The Bertz CT molecular complexity index is 1500. The van der Waals surface area contributed by atoms with Crippen LogP contribution in [-0.2, 0) is 32.5 Å². The number of nitrogens with zero attached hydrogens (tertiary/aromatic N) is 2. The molecule has 5 rings (SSSR count). The second-order valence-corrected chi connectivity index (χ2v) is 12.4. The molecule has 3 aromatic carbocycles. The van der Waals surface area contributed by atoms with E-state index in [4.69, 9.17) is 20.5 Å². The number of carbonyl (C=O) groups excluding carboxylic acids is 1. The van der Waals surface area contributed by atoms with Gasteiger partial charge < -0.3 is 15.2 Å². The summed E-state index contributed by atoms with van der Waals surface area (Å²) in [5.41, 5.74) is 7.94. The molecule has 45 heavy (non-hydrogen) atoms. The van der Waals surface area contributed by atoms with E-state index in [-0.39, 0.29) is 36.9 Å². The molecule has 0 spiro atoms. The predicted molar refractivity (Wildman–Crippen MR) is 172 cm³/mol. The maximum Gasteiger partial charge on any atom is 0.323 e. The van der Waals surface area contributed by atoms with Crippen molar-refractivity contribution in [2.24, 2.45) is 17.8 Å². The summed E-state index contributed by atoms with van der Waals surface area (Å²) in [5.74, 6) is 0.956. The predicted octanol–water partition coefficient (Wildman–Crippen LogP) is 5.18. The fraction of sp³-hybridized carbons (Fsp3) is 0.412. The Kier molecular flexibility index (Phi) is 13.8. The van der Waals surface area contributed by atoms with Gasteiger partial charge in [0.15, 0.2) is 0 Å². The van der Waals surface area contributed by atoms with E-state index in [0.717, 1.165) is 29.5 Å². The third-order valence-electron chi connectivity index (χ3n) is 7.29. The van der Waals surface area contributed by atoms with Crippen molar-refractivity contribution >= 4 is 21.7 Å². The van der Waals surface area contributed by atoms with Crippen LogP contribution in [0.1, 0.15) is 38.3 Å². The molecule has 1 heterocycles. The van der Waals surface area contributed by atoms with Crippen LogP contribution < -0.4 is 15.2 Å². The SMILES string of the molecule is CC.CCOC(=O)C(C#N)Cc1ccc(OCCNS(=O)(=O)c2ccc(N)cc2)cc1.Fc1cccc(CN2CC3CC3C2)c1. The van der Waals surface area contributed by atoms with Gasteiger partial charge in [0.25, 0.3) is 0 Å². The van der Waals surface area contributed by atoms with Gasteiger partial charge in [0.1, 0.15) is 24.1 Å². The summed E-state index contributed by atoms with van der Waals surface area (Å²) in [4.78, 5) is 14.3. The van der Waals surface area contributed by atoms with Gasteiger partial charge in [-0.05, 0) is 91.3 Å². The number of esters is 1. The highest BCUT2D eigenvalue weighted by Gasteiger charge is 2.44. The van der Waals surface area contributed by atoms with Crippen LogP contribution in [0, 0.1) is 34.9 Å². The average Bonchev–Trinajstić information content (AvgIpc) is 3.65. The minimum Gasteiger partial charge on any atom is -0.492 e. The number of hydrogen-bond donors (Lipinski definition) is 2. The number of halogens is 1. The Morgan fingerprint density at radius 2 is 1.73 bits per heavy atom. The molecule has 3 N–H and O–H groups in total. The fourth-order valence-electron chi connectivity index (χ4n) is 4.98. The van der Waals surface area contributed by atoms with Crippen LogP contribution >= 0.6 is 0 Å². The second kappa shape index (κ2) is 17.5. The van der Waals surface area contributed by atoms with Gasteiger partial charge in [0, 0.05) is 31.9 Å². The van der Waals surface area contributed by atoms with Crippen molar-refractivity contribution in [2.45, 2.75) is 45.1 Å². The number of benzene rings is 3. The summed E-state index contributed by atoms with van der Waals surface area (Å²) in [5, 5.41) is 9.11. The van der Waals surface area contributed by atoms with Crippen molar-refractivity contribution in [1.29, 1.82) is 5.26 Å². The largest absolute Gasteiger partial charge is 0.492 e. The number of likely N-dealkylation sites (tertiary alicyclic amines) is 1. The molecule has 0 aromatic heterocycles. The lowest BCUT2D eigenvalue weighted by molar-refractivity contribution is -0.145. The van der Waals surface area contributed by atoms with E-state index in [0.29, 0.717) is 11.4 Å². The van der Waals surface area contributed by atoms with Gasteiger partial charge in [-0.15, -0.1) is 0 Å². The molecule has 1 aliphatic heterocycles.